The number of carboxylic acids is 1. The van der Waals surface area contributed by atoms with Gasteiger partial charge in [0.25, 0.3) is 0 Å². The van der Waals surface area contributed by atoms with Crippen LogP contribution in [-0.2, 0) is 16.1 Å². The molecule has 0 saturated carbocycles. The van der Waals surface area contributed by atoms with E-state index in [4.69, 9.17) is 9.84 Å². The first-order valence-corrected chi connectivity index (χ1v) is 6.65. The van der Waals surface area contributed by atoms with Crippen molar-refractivity contribution in [2.75, 3.05) is 7.11 Å². The fraction of sp³-hybridized carbons (Fsp3) is 0.250. The van der Waals surface area contributed by atoms with Crippen molar-refractivity contribution in [3.8, 4) is 5.75 Å². The van der Waals surface area contributed by atoms with Gasteiger partial charge in [0.15, 0.2) is 0 Å². The highest BCUT2D eigenvalue weighted by Crippen LogP contribution is 2.27. The molecule has 0 unspecified atom stereocenters. The van der Waals surface area contributed by atoms with Crippen molar-refractivity contribution in [3.05, 3.63) is 42.0 Å². The summed E-state index contributed by atoms with van der Waals surface area (Å²) in [6.07, 6.45) is -0.194. The smallest absolute Gasteiger partial charge is 0.303 e. The Hall–Kier alpha value is -2.56. The number of rotatable bonds is 6. The summed E-state index contributed by atoms with van der Waals surface area (Å²) in [7, 11) is 1.58. The Bertz CT molecular complexity index is 666. The van der Waals surface area contributed by atoms with E-state index in [1.54, 1.807) is 7.11 Å². The van der Waals surface area contributed by atoms with Crippen LogP contribution in [0.2, 0.25) is 0 Å². The highest BCUT2D eigenvalue weighted by molar-refractivity contribution is 5.88. The fourth-order valence-corrected chi connectivity index (χ4v) is 2.19. The van der Waals surface area contributed by atoms with E-state index in [1.807, 2.05) is 36.4 Å². The lowest BCUT2D eigenvalue weighted by atomic mass is 10.0. The molecule has 2 aromatic rings. The van der Waals surface area contributed by atoms with Crippen LogP contribution in [0.25, 0.3) is 10.8 Å². The number of methoxy groups -OCH3 is 1. The third kappa shape index (κ3) is 3.72. The fourth-order valence-electron chi connectivity index (χ4n) is 2.19. The summed E-state index contributed by atoms with van der Waals surface area (Å²) in [6.45, 7) is 0.309. The zero-order chi connectivity index (χ0) is 15.2. The molecule has 2 N–H and O–H groups in total. The molecule has 0 fully saturated rings. The maximum Gasteiger partial charge on any atom is 0.303 e. The average Bonchev–Trinajstić information content (AvgIpc) is 2.50. The third-order valence-electron chi connectivity index (χ3n) is 3.25. The van der Waals surface area contributed by atoms with E-state index in [2.05, 4.69) is 5.32 Å². The van der Waals surface area contributed by atoms with Gasteiger partial charge in [0.05, 0.1) is 13.5 Å². The molecule has 5 nitrogen and oxygen atoms in total. The van der Waals surface area contributed by atoms with Crippen LogP contribution in [0.15, 0.2) is 36.4 Å². The average molecular weight is 287 g/mol. The van der Waals surface area contributed by atoms with Gasteiger partial charge >= 0.3 is 5.97 Å². The first-order chi connectivity index (χ1) is 10.1. The summed E-state index contributed by atoms with van der Waals surface area (Å²) in [6, 6.07) is 11.7. The van der Waals surface area contributed by atoms with Crippen LogP contribution < -0.4 is 10.1 Å². The second kappa shape index (κ2) is 6.74. The summed E-state index contributed by atoms with van der Waals surface area (Å²) >= 11 is 0. The summed E-state index contributed by atoms with van der Waals surface area (Å²) in [4.78, 5) is 22.1. The Morgan fingerprint density at radius 3 is 2.62 bits per heavy atom. The van der Waals surface area contributed by atoms with E-state index in [-0.39, 0.29) is 18.7 Å². The highest BCUT2D eigenvalue weighted by Gasteiger charge is 2.10. The molecule has 110 valence electrons. The van der Waals surface area contributed by atoms with Crippen LogP contribution in [0.4, 0.5) is 0 Å². The molecule has 0 bridgehead atoms. The van der Waals surface area contributed by atoms with E-state index in [0.29, 0.717) is 12.3 Å². The number of amides is 1. The molecule has 2 aromatic carbocycles. The summed E-state index contributed by atoms with van der Waals surface area (Å²) in [5, 5.41) is 13.4. The van der Waals surface area contributed by atoms with Crippen molar-refractivity contribution < 1.29 is 19.4 Å². The van der Waals surface area contributed by atoms with E-state index in [1.165, 1.54) is 0 Å². The number of ether oxygens (including phenoxy) is 1. The largest absolute Gasteiger partial charge is 0.496 e. The third-order valence-corrected chi connectivity index (χ3v) is 3.25. The van der Waals surface area contributed by atoms with E-state index >= 15 is 0 Å². The normalized spacial score (nSPS) is 10.3. The summed E-state index contributed by atoms with van der Waals surface area (Å²) in [5.41, 5.74) is 0.888. The number of hydrogen-bond donors (Lipinski definition) is 2. The number of aliphatic carboxylic acids is 1. The molecule has 21 heavy (non-hydrogen) atoms. The number of carbonyl (C=O) groups is 2. The Labute approximate surface area is 122 Å². The van der Waals surface area contributed by atoms with Gasteiger partial charge in [0.1, 0.15) is 5.75 Å². The zero-order valence-corrected chi connectivity index (χ0v) is 11.8. The maximum atomic E-state index is 11.6. The first kappa shape index (κ1) is 14.8. The molecule has 0 spiro atoms. The van der Waals surface area contributed by atoms with Gasteiger partial charge in [-0.05, 0) is 16.8 Å². The van der Waals surface area contributed by atoms with E-state index in [9.17, 15) is 9.59 Å². The van der Waals surface area contributed by atoms with Crippen molar-refractivity contribution in [1.29, 1.82) is 0 Å². The van der Waals surface area contributed by atoms with Gasteiger partial charge in [-0.1, -0.05) is 30.3 Å². The van der Waals surface area contributed by atoms with Crippen molar-refractivity contribution >= 4 is 22.6 Å². The van der Waals surface area contributed by atoms with Gasteiger partial charge in [-0.2, -0.15) is 0 Å². The van der Waals surface area contributed by atoms with Gasteiger partial charge < -0.3 is 15.2 Å². The van der Waals surface area contributed by atoms with Crippen LogP contribution in [0.3, 0.4) is 0 Å². The van der Waals surface area contributed by atoms with Crippen molar-refractivity contribution in [2.24, 2.45) is 0 Å². The predicted molar refractivity (Wildman–Crippen MR) is 79.2 cm³/mol. The number of carboxylic acid groups (broad SMARTS) is 1. The summed E-state index contributed by atoms with van der Waals surface area (Å²) < 4.78 is 5.34. The molecule has 1 amide bonds. The highest BCUT2D eigenvalue weighted by atomic mass is 16.5. The van der Waals surface area contributed by atoms with Gasteiger partial charge in [0.2, 0.25) is 5.91 Å². The topological polar surface area (TPSA) is 75.6 Å². The number of carbonyl (C=O) groups excluding carboxylic acids is 1. The molecule has 0 aliphatic carbocycles. The lowest BCUT2D eigenvalue weighted by Crippen LogP contribution is -2.23. The van der Waals surface area contributed by atoms with Crippen LogP contribution in [0.5, 0.6) is 5.75 Å². The Morgan fingerprint density at radius 1 is 1.14 bits per heavy atom. The van der Waals surface area contributed by atoms with Crippen LogP contribution in [-0.4, -0.2) is 24.1 Å². The molecule has 0 aromatic heterocycles. The van der Waals surface area contributed by atoms with Crippen molar-refractivity contribution in [1.82, 2.24) is 5.32 Å². The van der Waals surface area contributed by atoms with E-state index in [0.717, 1.165) is 16.3 Å². The van der Waals surface area contributed by atoms with E-state index < -0.39 is 5.97 Å². The molecule has 0 saturated heterocycles. The van der Waals surface area contributed by atoms with Gasteiger partial charge in [-0.25, -0.2) is 0 Å². The summed E-state index contributed by atoms with van der Waals surface area (Å²) in [5.74, 6) is -0.562. The van der Waals surface area contributed by atoms with Crippen molar-refractivity contribution in [2.45, 2.75) is 19.4 Å². The van der Waals surface area contributed by atoms with Crippen molar-refractivity contribution in [3.63, 3.8) is 0 Å². The number of fused-ring (bicyclic) bond motifs is 1. The quantitative estimate of drug-likeness (QED) is 0.855. The van der Waals surface area contributed by atoms with Gasteiger partial charge in [-0.3, -0.25) is 9.59 Å². The molecule has 0 aliphatic heterocycles. The van der Waals surface area contributed by atoms with Gasteiger partial charge in [0, 0.05) is 18.5 Å². The standard InChI is InChI=1S/C16H17NO4/c1-21-14-7-6-11-4-2-3-5-12(11)13(14)10-17-15(18)8-9-16(19)20/h2-7H,8-10H2,1H3,(H,17,18)(H,19,20). The molecule has 0 heterocycles. The predicted octanol–water partition coefficient (Wildman–Crippen LogP) is 2.33. The molecule has 0 atom stereocenters. The molecule has 2 rings (SSSR count). The first-order valence-electron chi connectivity index (χ1n) is 6.65. The molecule has 5 heteroatoms. The molecule has 0 aliphatic rings. The minimum Gasteiger partial charge on any atom is -0.496 e. The molecular formula is C16H17NO4. The Morgan fingerprint density at radius 2 is 1.90 bits per heavy atom. The zero-order valence-electron chi connectivity index (χ0n) is 11.8. The minimum absolute atomic E-state index is 0.0254. The lowest BCUT2D eigenvalue weighted by Gasteiger charge is -2.13. The Balaban J connectivity index is 2.17. The van der Waals surface area contributed by atoms with Gasteiger partial charge in [-0.15, -0.1) is 0 Å². The second-order valence-corrected chi connectivity index (χ2v) is 4.64. The molecular weight excluding hydrogens is 270 g/mol. The monoisotopic (exact) mass is 287 g/mol. The lowest BCUT2D eigenvalue weighted by molar-refractivity contribution is -0.138. The number of hydrogen-bond acceptors (Lipinski definition) is 3. The van der Waals surface area contributed by atoms with Crippen LogP contribution in [0, 0.1) is 0 Å². The SMILES string of the molecule is COc1ccc2ccccc2c1CNC(=O)CCC(=O)O. The van der Waals surface area contributed by atoms with Crippen LogP contribution in [0.1, 0.15) is 18.4 Å². The Kier molecular flexibility index (Phi) is 4.77. The number of benzene rings is 2. The molecule has 0 radical (unpaired) electrons. The van der Waals surface area contributed by atoms with Crippen LogP contribution >= 0.6 is 0 Å². The maximum absolute atomic E-state index is 11.6. The second-order valence-electron chi connectivity index (χ2n) is 4.64. The minimum atomic E-state index is -0.979. The number of nitrogens with one attached hydrogen (secondary N) is 1.